The van der Waals surface area contributed by atoms with Gasteiger partial charge in [0.2, 0.25) is 10.0 Å². The fourth-order valence-electron chi connectivity index (χ4n) is 4.95. The molecule has 2 aliphatic rings. The maximum atomic E-state index is 13.0. The second-order valence-corrected chi connectivity index (χ2v) is 11.7. The van der Waals surface area contributed by atoms with Crippen LogP contribution in [0.5, 0.6) is 5.75 Å². The minimum atomic E-state index is -4.86. The molecule has 1 fully saturated rings. The van der Waals surface area contributed by atoms with Gasteiger partial charge in [-0.15, -0.1) is 13.2 Å². The molecule has 5 rings (SSSR count). The first-order valence-corrected chi connectivity index (χ1v) is 13.8. The lowest BCUT2D eigenvalue weighted by molar-refractivity contribution is -0.274. The Balaban J connectivity index is 1.15. The van der Waals surface area contributed by atoms with Crippen molar-refractivity contribution in [2.45, 2.75) is 42.5 Å². The number of H-pyrrole nitrogens is 1. The smallest absolute Gasteiger partial charge is 0.406 e. The highest BCUT2D eigenvalue weighted by Gasteiger charge is 2.46. The molecule has 1 N–H and O–H groups in total. The molecule has 39 heavy (non-hydrogen) atoms. The number of hydrogen-bond donors (Lipinski definition) is 1. The van der Waals surface area contributed by atoms with Crippen LogP contribution in [0.1, 0.15) is 24.8 Å². The number of aromatic nitrogens is 1. The first kappa shape index (κ1) is 27.0. The number of fused-ring (bicyclic) bond motifs is 1. The number of sulfonamides is 1. The molecule has 0 saturated carbocycles. The Kier molecular flexibility index (Phi) is 7.06. The fourth-order valence-corrected chi connectivity index (χ4v) is 6.39. The highest BCUT2D eigenvalue weighted by Crippen LogP contribution is 2.37. The van der Waals surface area contributed by atoms with E-state index in [0.29, 0.717) is 31.5 Å². The van der Waals surface area contributed by atoms with Crippen LogP contribution in [0.3, 0.4) is 0 Å². The maximum Gasteiger partial charge on any atom is 0.573 e. The number of carbonyl (C=O) groups excluding carboxylic acids is 1. The van der Waals surface area contributed by atoms with E-state index in [1.807, 2.05) is 30.5 Å². The molecule has 3 aromatic rings. The number of oxime groups is 1. The summed E-state index contributed by atoms with van der Waals surface area (Å²) in [7, 11) is -2.22. The minimum absolute atomic E-state index is 0.122. The predicted octanol–water partition coefficient (Wildman–Crippen LogP) is 4.07. The SMILES string of the molecule is CN(CCc1c[nH]c2ccccc12)C(=O)C1=NOC2(CCN(S(=O)(=O)c3ccc(OC(F)(F)F)cc3)CC2)C1. The summed E-state index contributed by atoms with van der Waals surface area (Å²) in [4.78, 5) is 23.4. The number of piperidine rings is 1. The summed E-state index contributed by atoms with van der Waals surface area (Å²) in [6.07, 6.45) is -1.33. The molecule has 9 nitrogen and oxygen atoms in total. The Labute approximate surface area is 223 Å². The number of aromatic amines is 1. The van der Waals surface area contributed by atoms with E-state index in [0.717, 1.165) is 40.7 Å². The van der Waals surface area contributed by atoms with Crippen LogP contribution in [-0.4, -0.2) is 72.9 Å². The normalized spacial score (nSPS) is 17.7. The van der Waals surface area contributed by atoms with Crippen LogP contribution < -0.4 is 4.74 Å². The van der Waals surface area contributed by atoms with E-state index in [1.165, 1.54) is 4.31 Å². The number of para-hydroxylation sites is 1. The number of benzene rings is 2. The summed E-state index contributed by atoms with van der Waals surface area (Å²) >= 11 is 0. The van der Waals surface area contributed by atoms with Crippen molar-refractivity contribution < 1.29 is 36.0 Å². The predicted molar refractivity (Wildman–Crippen MR) is 137 cm³/mol. The number of nitrogens with one attached hydrogen (secondary N) is 1. The molecular weight excluding hydrogens is 537 g/mol. The van der Waals surface area contributed by atoms with Crippen LogP contribution in [-0.2, 0) is 26.1 Å². The largest absolute Gasteiger partial charge is 0.573 e. The zero-order valence-corrected chi connectivity index (χ0v) is 21.9. The Hall–Kier alpha value is -3.58. The van der Waals surface area contributed by atoms with Gasteiger partial charge in [0.1, 0.15) is 17.1 Å². The monoisotopic (exact) mass is 564 g/mol. The van der Waals surface area contributed by atoms with Gasteiger partial charge in [0.25, 0.3) is 5.91 Å². The van der Waals surface area contributed by atoms with Crippen molar-refractivity contribution in [2.75, 3.05) is 26.7 Å². The molecule has 0 bridgehead atoms. The number of rotatable bonds is 7. The Bertz CT molecular complexity index is 1490. The number of alkyl halides is 3. The van der Waals surface area contributed by atoms with E-state index in [-0.39, 0.29) is 30.3 Å². The van der Waals surface area contributed by atoms with Crippen molar-refractivity contribution in [3.63, 3.8) is 0 Å². The van der Waals surface area contributed by atoms with Gasteiger partial charge in [0.05, 0.1) is 4.90 Å². The topological polar surface area (TPSA) is 104 Å². The molecule has 13 heteroatoms. The maximum absolute atomic E-state index is 13.0. The van der Waals surface area contributed by atoms with Gasteiger partial charge in [-0.05, 0) is 42.3 Å². The quantitative estimate of drug-likeness (QED) is 0.466. The summed E-state index contributed by atoms with van der Waals surface area (Å²) in [6.45, 7) is 0.735. The number of ether oxygens (including phenoxy) is 1. The second kappa shape index (κ2) is 10.2. The van der Waals surface area contributed by atoms with Crippen molar-refractivity contribution >= 4 is 32.5 Å². The Morgan fingerprint density at radius 3 is 2.54 bits per heavy atom. The molecule has 208 valence electrons. The molecule has 3 heterocycles. The molecule has 2 aliphatic heterocycles. The van der Waals surface area contributed by atoms with Gasteiger partial charge in [-0.25, -0.2) is 8.42 Å². The molecule has 0 unspecified atom stereocenters. The summed E-state index contributed by atoms with van der Waals surface area (Å²) in [5.41, 5.74) is 1.69. The first-order chi connectivity index (χ1) is 18.5. The number of nitrogens with zero attached hydrogens (tertiary/aromatic N) is 3. The highest BCUT2D eigenvalue weighted by atomic mass is 32.2. The van der Waals surface area contributed by atoms with Crippen molar-refractivity contribution in [1.29, 1.82) is 0 Å². The molecule has 0 radical (unpaired) electrons. The number of halogens is 3. The summed E-state index contributed by atoms with van der Waals surface area (Å²) in [5.74, 6) is -0.734. The average Bonchev–Trinajstić information content (AvgIpc) is 3.51. The first-order valence-electron chi connectivity index (χ1n) is 12.4. The molecular formula is C26H27F3N4O5S. The van der Waals surface area contributed by atoms with Gasteiger partial charge < -0.3 is 19.5 Å². The number of likely N-dealkylation sites (N-methyl/N-ethyl adjacent to an activating group) is 1. The van der Waals surface area contributed by atoms with Gasteiger partial charge >= 0.3 is 6.36 Å². The lowest BCUT2D eigenvalue weighted by atomic mass is 9.87. The fraction of sp³-hybridized carbons (Fsp3) is 0.385. The molecule has 2 aromatic carbocycles. The minimum Gasteiger partial charge on any atom is -0.406 e. The van der Waals surface area contributed by atoms with Crippen LogP contribution in [0.2, 0.25) is 0 Å². The van der Waals surface area contributed by atoms with Crippen LogP contribution in [0.4, 0.5) is 13.2 Å². The van der Waals surface area contributed by atoms with Crippen molar-refractivity contribution in [1.82, 2.24) is 14.2 Å². The second-order valence-electron chi connectivity index (χ2n) is 9.75. The van der Waals surface area contributed by atoms with Crippen molar-refractivity contribution in [3.8, 4) is 5.75 Å². The van der Waals surface area contributed by atoms with Gasteiger partial charge in [0.15, 0.2) is 0 Å². The van der Waals surface area contributed by atoms with Gasteiger partial charge in [-0.3, -0.25) is 4.79 Å². The lowest BCUT2D eigenvalue weighted by Crippen LogP contribution is -2.47. The summed E-state index contributed by atoms with van der Waals surface area (Å²) in [5, 5.41) is 5.18. The van der Waals surface area contributed by atoms with E-state index in [9.17, 15) is 26.4 Å². The van der Waals surface area contributed by atoms with E-state index in [1.54, 1.807) is 11.9 Å². The molecule has 0 aliphatic carbocycles. The van der Waals surface area contributed by atoms with E-state index >= 15 is 0 Å². The number of amides is 1. The van der Waals surface area contributed by atoms with Crippen LogP contribution >= 0.6 is 0 Å². The van der Waals surface area contributed by atoms with Crippen molar-refractivity contribution in [3.05, 3.63) is 60.3 Å². The third-order valence-corrected chi connectivity index (χ3v) is 9.07. The molecule has 1 amide bonds. The van der Waals surface area contributed by atoms with Crippen molar-refractivity contribution in [2.24, 2.45) is 5.16 Å². The zero-order valence-electron chi connectivity index (χ0n) is 21.1. The third-order valence-electron chi connectivity index (χ3n) is 7.15. The van der Waals surface area contributed by atoms with Crippen LogP contribution in [0.15, 0.2) is 64.8 Å². The van der Waals surface area contributed by atoms with E-state index < -0.39 is 27.7 Å². The highest BCUT2D eigenvalue weighted by molar-refractivity contribution is 7.89. The zero-order chi connectivity index (χ0) is 27.8. The molecule has 1 spiro atoms. The number of hydrogen-bond acceptors (Lipinski definition) is 6. The van der Waals surface area contributed by atoms with Crippen LogP contribution in [0.25, 0.3) is 10.9 Å². The standard InChI is InChI=1S/C26H27F3N4O5S/c1-32(13-10-18-17-30-22-5-3-2-4-21(18)22)24(34)23-16-25(38-31-23)11-14-33(15-12-25)39(35,36)20-8-6-19(7-9-20)37-26(27,28)29/h2-9,17,30H,10-16H2,1H3. The molecule has 0 atom stereocenters. The van der Waals surface area contributed by atoms with E-state index in [2.05, 4.69) is 14.9 Å². The molecule has 1 aromatic heterocycles. The van der Waals surface area contributed by atoms with Gasteiger partial charge in [-0.2, -0.15) is 4.31 Å². The Morgan fingerprint density at radius 1 is 1.15 bits per heavy atom. The average molecular weight is 565 g/mol. The van der Waals surface area contributed by atoms with Crippen LogP contribution in [0, 0.1) is 0 Å². The Morgan fingerprint density at radius 2 is 1.85 bits per heavy atom. The van der Waals surface area contributed by atoms with Gasteiger partial charge in [-0.1, -0.05) is 23.4 Å². The molecule has 1 saturated heterocycles. The summed E-state index contributed by atoms with van der Waals surface area (Å²) in [6, 6.07) is 12.1. The number of carbonyl (C=O) groups is 1. The van der Waals surface area contributed by atoms with Gasteiger partial charge in [0, 0.05) is 63.0 Å². The summed E-state index contributed by atoms with van der Waals surface area (Å²) < 4.78 is 68.3. The third kappa shape index (κ3) is 5.74. The van der Waals surface area contributed by atoms with E-state index in [4.69, 9.17) is 4.84 Å². The lowest BCUT2D eigenvalue weighted by Gasteiger charge is -2.36.